The topological polar surface area (TPSA) is 55.4 Å². The Morgan fingerprint density at radius 1 is 0.960 bits per heavy atom. The van der Waals surface area contributed by atoms with Gasteiger partial charge in [0, 0.05) is 21.7 Å². The summed E-state index contributed by atoms with van der Waals surface area (Å²) in [6, 6.07) is 17.5. The third-order valence-corrected chi connectivity index (χ3v) is 4.10. The molecule has 1 amide bonds. The SMILES string of the molecule is CCOC(=O)c1ccc(NC(=O)c2cccc3c(Cl)cccc23)cc1. The molecule has 0 aliphatic carbocycles. The quantitative estimate of drug-likeness (QED) is 0.677. The van der Waals surface area contributed by atoms with Crippen molar-refractivity contribution < 1.29 is 14.3 Å². The number of amides is 1. The first-order chi connectivity index (χ1) is 12.1. The van der Waals surface area contributed by atoms with E-state index in [-0.39, 0.29) is 11.9 Å². The first-order valence-electron chi connectivity index (χ1n) is 7.86. The highest BCUT2D eigenvalue weighted by Gasteiger charge is 2.12. The highest BCUT2D eigenvalue weighted by atomic mass is 35.5. The van der Waals surface area contributed by atoms with Gasteiger partial charge in [-0.2, -0.15) is 0 Å². The lowest BCUT2D eigenvalue weighted by atomic mass is 10.0. The van der Waals surface area contributed by atoms with E-state index in [1.165, 1.54) is 0 Å². The molecule has 0 saturated heterocycles. The Labute approximate surface area is 150 Å². The Kier molecular flexibility index (Phi) is 5.00. The van der Waals surface area contributed by atoms with Crippen LogP contribution in [0.2, 0.25) is 5.02 Å². The normalized spacial score (nSPS) is 10.5. The lowest BCUT2D eigenvalue weighted by Gasteiger charge is -2.09. The van der Waals surface area contributed by atoms with Crippen LogP contribution < -0.4 is 5.32 Å². The molecule has 25 heavy (non-hydrogen) atoms. The predicted octanol–water partition coefficient (Wildman–Crippen LogP) is 4.92. The molecule has 1 N–H and O–H groups in total. The number of fused-ring (bicyclic) bond motifs is 1. The third kappa shape index (κ3) is 3.64. The van der Waals surface area contributed by atoms with E-state index < -0.39 is 0 Å². The molecule has 3 rings (SSSR count). The van der Waals surface area contributed by atoms with E-state index in [0.717, 1.165) is 10.8 Å². The lowest BCUT2D eigenvalue weighted by Crippen LogP contribution is -2.12. The largest absolute Gasteiger partial charge is 0.462 e. The zero-order valence-electron chi connectivity index (χ0n) is 13.6. The number of carbonyl (C=O) groups is 2. The first kappa shape index (κ1) is 17.0. The van der Waals surface area contributed by atoms with Crippen LogP contribution in [-0.4, -0.2) is 18.5 Å². The average molecular weight is 354 g/mol. The van der Waals surface area contributed by atoms with E-state index >= 15 is 0 Å². The minimum Gasteiger partial charge on any atom is -0.462 e. The summed E-state index contributed by atoms with van der Waals surface area (Å²) >= 11 is 6.19. The summed E-state index contributed by atoms with van der Waals surface area (Å²) in [5, 5.41) is 5.05. The van der Waals surface area contributed by atoms with Crippen LogP contribution in [0.4, 0.5) is 5.69 Å². The predicted molar refractivity (Wildman–Crippen MR) is 99.3 cm³/mol. The second-order valence-electron chi connectivity index (χ2n) is 5.39. The Hall–Kier alpha value is -2.85. The van der Waals surface area contributed by atoms with E-state index in [1.807, 2.05) is 18.2 Å². The molecule has 0 aromatic heterocycles. The molecule has 0 atom stereocenters. The molecule has 3 aromatic rings. The number of hydrogen-bond donors (Lipinski definition) is 1. The van der Waals surface area contributed by atoms with Crippen molar-refractivity contribution >= 4 is 39.9 Å². The zero-order valence-corrected chi connectivity index (χ0v) is 14.3. The van der Waals surface area contributed by atoms with Crippen LogP contribution in [0.1, 0.15) is 27.6 Å². The van der Waals surface area contributed by atoms with E-state index in [2.05, 4.69) is 5.32 Å². The third-order valence-electron chi connectivity index (χ3n) is 3.77. The fourth-order valence-electron chi connectivity index (χ4n) is 2.57. The summed E-state index contributed by atoms with van der Waals surface area (Å²) in [5.41, 5.74) is 1.57. The van der Waals surface area contributed by atoms with Crippen LogP contribution in [0.25, 0.3) is 10.8 Å². The standard InChI is InChI=1S/C20H16ClNO3/c1-2-25-20(24)13-9-11-14(12-10-13)22-19(23)17-7-3-6-16-15(17)5-4-8-18(16)21/h3-12H,2H2,1H3,(H,22,23). The first-order valence-corrected chi connectivity index (χ1v) is 8.23. The number of nitrogens with one attached hydrogen (secondary N) is 1. The second-order valence-corrected chi connectivity index (χ2v) is 5.80. The van der Waals surface area contributed by atoms with Crippen LogP contribution in [0.15, 0.2) is 60.7 Å². The van der Waals surface area contributed by atoms with Crippen molar-refractivity contribution in [3.63, 3.8) is 0 Å². The van der Waals surface area contributed by atoms with Crippen molar-refractivity contribution in [1.29, 1.82) is 0 Å². The van der Waals surface area contributed by atoms with Crippen molar-refractivity contribution in [2.75, 3.05) is 11.9 Å². The minimum absolute atomic E-state index is 0.239. The van der Waals surface area contributed by atoms with Crippen LogP contribution in [0, 0.1) is 0 Å². The highest BCUT2D eigenvalue weighted by molar-refractivity contribution is 6.36. The maximum absolute atomic E-state index is 12.6. The summed E-state index contributed by atoms with van der Waals surface area (Å²) in [7, 11) is 0. The van der Waals surface area contributed by atoms with Gasteiger partial charge >= 0.3 is 5.97 Å². The van der Waals surface area contributed by atoms with Gasteiger partial charge in [-0.25, -0.2) is 4.79 Å². The van der Waals surface area contributed by atoms with Gasteiger partial charge in [0.25, 0.3) is 5.91 Å². The molecule has 5 heteroatoms. The van der Waals surface area contributed by atoms with Crippen molar-refractivity contribution in [3.8, 4) is 0 Å². The summed E-state index contributed by atoms with van der Waals surface area (Å²) in [6.07, 6.45) is 0. The highest BCUT2D eigenvalue weighted by Crippen LogP contribution is 2.26. The summed E-state index contributed by atoms with van der Waals surface area (Å²) in [6.45, 7) is 2.07. The van der Waals surface area contributed by atoms with Gasteiger partial charge in [-0.05, 0) is 48.7 Å². The summed E-state index contributed by atoms with van der Waals surface area (Å²) in [4.78, 5) is 24.3. The average Bonchev–Trinajstić information content (AvgIpc) is 2.62. The van der Waals surface area contributed by atoms with Gasteiger partial charge in [0.15, 0.2) is 0 Å². The molecule has 3 aromatic carbocycles. The number of carbonyl (C=O) groups excluding carboxylic acids is 2. The van der Waals surface area contributed by atoms with Crippen LogP contribution >= 0.6 is 11.6 Å². The molecule has 126 valence electrons. The maximum Gasteiger partial charge on any atom is 0.338 e. The van der Waals surface area contributed by atoms with Gasteiger partial charge in [-0.15, -0.1) is 0 Å². The molecular weight excluding hydrogens is 338 g/mol. The second kappa shape index (κ2) is 7.36. The Morgan fingerprint density at radius 3 is 2.36 bits per heavy atom. The fourth-order valence-corrected chi connectivity index (χ4v) is 2.81. The van der Waals surface area contributed by atoms with Gasteiger partial charge in [0.1, 0.15) is 0 Å². The van der Waals surface area contributed by atoms with Crippen molar-refractivity contribution in [2.45, 2.75) is 6.92 Å². The number of rotatable bonds is 4. The van der Waals surface area contributed by atoms with Gasteiger partial charge in [0.05, 0.1) is 12.2 Å². The van der Waals surface area contributed by atoms with Gasteiger partial charge in [-0.1, -0.05) is 35.9 Å². The number of ether oxygens (including phenoxy) is 1. The number of hydrogen-bond acceptors (Lipinski definition) is 3. The molecule has 0 fully saturated rings. The van der Waals surface area contributed by atoms with E-state index in [4.69, 9.17) is 16.3 Å². The molecule has 0 unspecified atom stereocenters. The van der Waals surface area contributed by atoms with Gasteiger partial charge < -0.3 is 10.1 Å². The van der Waals surface area contributed by atoms with Crippen LogP contribution in [-0.2, 0) is 4.74 Å². The molecule has 0 radical (unpaired) electrons. The Morgan fingerprint density at radius 2 is 1.64 bits per heavy atom. The smallest absolute Gasteiger partial charge is 0.338 e. The molecule has 0 bridgehead atoms. The molecular formula is C20H16ClNO3. The molecule has 0 saturated carbocycles. The van der Waals surface area contributed by atoms with Crippen molar-refractivity contribution in [2.24, 2.45) is 0 Å². The zero-order chi connectivity index (χ0) is 17.8. The van der Waals surface area contributed by atoms with Crippen molar-refractivity contribution in [1.82, 2.24) is 0 Å². The summed E-state index contributed by atoms with van der Waals surface area (Å²) in [5.74, 6) is -0.624. The van der Waals surface area contributed by atoms with E-state index in [0.29, 0.717) is 28.4 Å². The molecule has 0 spiro atoms. The number of esters is 1. The minimum atomic E-state index is -0.385. The number of benzene rings is 3. The Bertz CT molecular complexity index is 935. The molecule has 0 aliphatic rings. The number of halogens is 1. The lowest BCUT2D eigenvalue weighted by molar-refractivity contribution is 0.0526. The van der Waals surface area contributed by atoms with E-state index in [9.17, 15) is 9.59 Å². The monoisotopic (exact) mass is 353 g/mol. The molecule has 4 nitrogen and oxygen atoms in total. The maximum atomic E-state index is 12.6. The molecule has 0 heterocycles. The molecule has 0 aliphatic heterocycles. The fraction of sp³-hybridized carbons (Fsp3) is 0.100. The van der Waals surface area contributed by atoms with Crippen molar-refractivity contribution in [3.05, 3.63) is 76.8 Å². The number of anilines is 1. The van der Waals surface area contributed by atoms with Gasteiger partial charge in [-0.3, -0.25) is 4.79 Å². The van der Waals surface area contributed by atoms with Crippen LogP contribution in [0.3, 0.4) is 0 Å². The summed E-state index contributed by atoms with van der Waals surface area (Å²) < 4.78 is 4.94. The van der Waals surface area contributed by atoms with E-state index in [1.54, 1.807) is 49.4 Å². The van der Waals surface area contributed by atoms with Gasteiger partial charge in [0.2, 0.25) is 0 Å². The van der Waals surface area contributed by atoms with Crippen LogP contribution in [0.5, 0.6) is 0 Å². The Balaban J connectivity index is 1.83.